The predicted molar refractivity (Wildman–Crippen MR) is 107 cm³/mol. The average molecular weight is 444 g/mol. The number of thioether (sulfide) groups is 1. The fourth-order valence-electron chi connectivity index (χ4n) is 2.70. The molecule has 4 aromatic rings. The molecule has 0 radical (unpaired) electrons. The summed E-state index contributed by atoms with van der Waals surface area (Å²) in [5.74, 6) is 1.67. The smallest absolute Gasteiger partial charge is 0.200 e. The lowest BCUT2D eigenvalue weighted by molar-refractivity contribution is 0.545. The summed E-state index contributed by atoms with van der Waals surface area (Å²) in [6.07, 6.45) is 0. The molecule has 2 aromatic heterocycles. The highest BCUT2D eigenvalue weighted by atomic mass is 79.9. The quantitative estimate of drug-likeness (QED) is 0.354. The number of furan rings is 1. The Labute approximate surface area is 168 Å². The summed E-state index contributed by atoms with van der Waals surface area (Å²) in [6.45, 7) is 0.618. The van der Waals surface area contributed by atoms with Crippen LogP contribution in [0.25, 0.3) is 11.6 Å². The fourth-order valence-corrected chi connectivity index (χ4v) is 3.88. The monoisotopic (exact) mass is 443 g/mol. The molecular weight excluding hydrogens is 429 g/mol. The molecule has 2 aromatic carbocycles. The molecule has 4 rings (SSSR count). The highest BCUT2D eigenvalue weighted by molar-refractivity contribution is 9.10. The van der Waals surface area contributed by atoms with Crippen LogP contribution in [0, 0.1) is 5.82 Å². The molecular formula is C20H15BrFN3OS. The zero-order valence-electron chi connectivity index (χ0n) is 14.2. The summed E-state index contributed by atoms with van der Waals surface area (Å²) >= 11 is 4.85. The molecule has 0 unspecified atom stereocenters. The van der Waals surface area contributed by atoms with E-state index in [-0.39, 0.29) is 5.82 Å². The van der Waals surface area contributed by atoms with Crippen molar-refractivity contribution in [3.05, 3.63) is 88.3 Å². The second-order valence-corrected chi connectivity index (χ2v) is 7.62. The Morgan fingerprint density at radius 1 is 0.963 bits per heavy atom. The summed E-state index contributed by atoms with van der Waals surface area (Å²) in [7, 11) is 0. The molecule has 4 nitrogen and oxygen atoms in total. The van der Waals surface area contributed by atoms with Gasteiger partial charge in [0.15, 0.2) is 15.6 Å². The van der Waals surface area contributed by atoms with Crippen molar-refractivity contribution in [1.29, 1.82) is 0 Å². The zero-order chi connectivity index (χ0) is 18.6. The van der Waals surface area contributed by atoms with Crippen molar-refractivity contribution in [2.75, 3.05) is 0 Å². The van der Waals surface area contributed by atoms with Gasteiger partial charge in [-0.3, -0.25) is 4.57 Å². The van der Waals surface area contributed by atoms with Gasteiger partial charge in [0.25, 0.3) is 0 Å². The van der Waals surface area contributed by atoms with Crippen LogP contribution in [0.5, 0.6) is 0 Å². The Balaban J connectivity index is 1.65. The molecule has 136 valence electrons. The van der Waals surface area contributed by atoms with Crippen LogP contribution >= 0.6 is 27.7 Å². The maximum absolute atomic E-state index is 13.4. The van der Waals surface area contributed by atoms with Gasteiger partial charge >= 0.3 is 0 Å². The van der Waals surface area contributed by atoms with E-state index in [1.807, 2.05) is 41.0 Å². The van der Waals surface area contributed by atoms with E-state index in [4.69, 9.17) is 4.42 Å². The number of hydrogen-bond donors (Lipinski definition) is 0. The molecule has 0 atom stereocenters. The predicted octanol–water partition coefficient (Wildman–Crippen LogP) is 5.78. The van der Waals surface area contributed by atoms with Gasteiger partial charge in [0, 0.05) is 5.75 Å². The normalized spacial score (nSPS) is 11.0. The molecule has 0 N–H and O–H groups in total. The molecule has 0 fully saturated rings. The largest absolute Gasteiger partial charge is 0.446 e. The van der Waals surface area contributed by atoms with E-state index in [2.05, 4.69) is 38.3 Å². The first-order valence-electron chi connectivity index (χ1n) is 8.29. The maximum atomic E-state index is 13.4. The number of benzene rings is 2. The summed E-state index contributed by atoms with van der Waals surface area (Å²) < 4.78 is 21.8. The third-order valence-corrected chi connectivity index (χ3v) is 5.42. The SMILES string of the molecule is Fc1cccc(CSc2nnc(-c3ccc(Br)o3)n2Cc2ccccc2)c1. The molecule has 0 bridgehead atoms. The van der Waals surface area contributed by atoms with Crippen molar-refractivity contribution in [2.45, 2.75) is 17.5 Å². The van der Waals surface area contributed by atoms with Crippen LogP contribution in [0.1, 0.15) is 11.1 Å². The molecule has 0 aliphatic carbocycles. The van der Waals surface area contributed by atoms with Gasteiger partial charge in [0.1, 0.15) is 5.82 Å². The molecule has 27 heavy (non-hydrogen) atoms. The highest BCUT2D eigenvalue weighted by Crippen LogP contribution is 2.29. The van der Waals surface area contributed by atoms with Crippen LogP contribution in [0.15, 0.2) is 81.0 Å². The molecule has 0 spiro atoms. The summed E-state index contributed by atoms with van der Waals surface area (Å²) in [6, 6.07) is 20.4. The summed E-state index contributed by atoms with van der Waals surface area (Å²) in [5, 5.41) is 9.43. The number of nitrogens with zero attached hydrogens (tertiary/aromatic N) is 3. The third kappa shape index (κ3) is 4.31. The molecule has 7 heteroatoms. The van der Waals surface area contributed by atoms with Crippen LogP contribution in [-0.2, 0) is 12.3 Å². The van der Waals surface area contributed by atoms with Crippen molar-refractivity contribution in [3.8, 4) is 11.6 Å². The van der Waals surface area contributed by atoms with Gasteiger partial charge in [0.05, 0.1) is 6.54 Å². The fraction of sp³-hybridized carbons (Fsp3) is 0.100. The Hall–Kier alpha value is -2.38. The van der Waals surface area contributed by atoms with Crippen molar-refractivity contribution >= 4 is 27.7 Å². The molecule has 0 aliphatic heterocycles. The van der Waals surface area contributed by atoms with Gasteiger partial charge in [-0.1, -0.05) is 54.2 Å². The van der Waals surface area contributed by atoms with Gasteiger partial charge in [-0.2, -0.15) is 0 Å². The van der Waals surface area contributed by atoms with Crippen molar-refractivity contribution in [1.82, 2.24) is 14.8 Å². The lowest BCUT2D eigenvalue weighted by Crippen LogP contribution is -2.04. The number of halogens is 2. The topological polar surface area (TPSA) is 43.9 Å². The first-order chi connectivity index (χ1) is 13.2. The third-order valence-electron chi connectivity index (χ3n) is 3.95. The first kappa shape index (κ1) is 18.0. The van der Waals surface area contributed by atoms with Crippen LogP contribution in [0.2, 0.25) is 0 Å². The zero-order valence-corrected chi connectivity index (χ0v) is 16.6. The average Bonchev–Trinajstić information content (AvgIpc) is 3.27. The van der Waals surface area contributed by atoms with E-state index in [0.29, 0.717) is 28.6 Å². The number of rotatable bonds is 6. The molecule has 0 amide bonds. The van der Waals surface area contributed by atoms with E-state index in [1.165, 1.54) is 23.9 Å². The van der Waals surface area contributed by atoms with Gasteiger partial charge in [0.2, 0.25) is 5.82 Å². The molecule has 0 saturated carbocycles. The Morgan fingerprint density at radius 3 is 2.52 bits per heavy atom. The van der Waals surface area contributed by atoms with E-state index < -0.39 is 0 Å². The first-order valence-corrected chi connectivity index (χ1v) is 10.1. The maximum Gasteiger partial charge on any atom is 0.200 e. The minimum atomic E-state index is -0.236. The van der Waals surface area contributed by atoms with Gasteiger partial charge < -0.3 is 4.42 Å². The van der Waals surface area contributed by atoms with Crippen LogP contribution in [0.4, 0.5) is 4.39 Å². The van der Waals surface area contributed by atoms with Crippen molar-refractivity contribution < 1.29 is 8.81 Å². The molecule has 0 aliphatic rings. The Bertz CT molecular complexity index is 1050. The Kier molecular flexibility index (Phi) is 5.40. The van der Waals surface area contributed by atoms with Gasteiger partial charge in [-0.25, -0.2) is 4.39 Å². The minimum Gasteiger partial charge on any atom is -0.446 e. The molecule has 2 heterocycles. The van der Waals surface area contributed by atoms with E-state index in [9.17, 15) is 4.39 Å². The number of hydrogen-bond acceptors (Lipinski definition) is 4. The standard InChI is InChI=1S/C20H15BrFN3OS/c21-18-10-9-17(26-18)19-23-24-20(25(19)12-14-5-2-1-3-6-14)27-13-15-7-4-8-16(22)11-15/h1-11H,12-13H2. The highest BCUT2D eigenvalue weighted by Gasteiger charge is 2.17. The van der Waals surface area contributed by atoms with Crippen molar-refractivity contribution in [3.63, 3.8) is 0 Å². The van der Waals surface area contributed by atoms with Crippen molar-refractivity contribution in [2.24, 2.45) is 0 Å². The van der Waals surface area contributed by atoms with E-state index in [1.54, 1.807) is 6.07 Å². The Morgan fingerprint density at radius 2 is 1.78 bits per heavy atom. The second kappa shape index (κ2) is 8.10. The lowest BCUT2D eigenvalue weighted by atomic mass is 10.2. The summed E-state index contributed by atoms with van der Waals surface area (Å²) in [4.78, 5) is 0. The molecule has 0 saturated heterocycles. The second-order valence-electron chi connectivity index (χ2n) is 5.90. The van der Waals surface area contributed by atoms with Crippen LogP contribution < -0.4 is 0 Å². The van der Waals surface area contributed by atoms with Crippen LogP contribution in [-0.4, -0.2) is 14.8 Å². The van der Waals surface area contributed by atoms with Crippen LogP contribution in [0.3, 0.4) is 0 Å². The lowest BCUT2D eigenvalue weighted by Gasteiger charge is -2.09. The van der Waals surface area contributed by atoms with E-state index >= 15 is 0 Å². The minimum absolute atomic E-state index is 0.236. The summed E-state index contributed by atoms with van der Waals surface area (Å²) in [5.41, 5.74) is 2.04. The van der Waals surface area contributed by atoms with Gasteiger partial charge in [-0.05, 0) is 51.3 Å². The van der Waals surface area contributed by atoms with E-state index in [0.717, 1.165) is 16.3 Å². The number of aromatic nitrogens is 3. The van der Waals surface area contributed by atoms with Gasteiger partial charge in [-0.15, -0.1) is 10.2 Å².